The van der Waals surface area contributed by atoms with Gasteiger partial charge in [-0.3, -0.25) is 9.36 Å². The number of unbranched alkanes of at least 4 members (excludes halogenated alkanes) is 1. The lowest BCUT2D eigenvalue weighted by Crippen LogP contribution is -2.26. The van der Waals surface area contributed by atoms with E-state index in [1.807, 2.05) is 6.92 Å². The zero-order valence-corrected chi connectivity index (χ0v) is 11.3. The highest BCUT2D eigenvalue weighted by Crippen LogP contribution is 2.01. The molecule has 1 rings (SSSR count). The average Bonchev–Trinajstić information content (AvgIpc) is 2.28. The van der Waals surface area contributed by atoms with Gasteiger partial charge in [-0.1, -0.05) is 13.3 Å². The minimum absolute atomic E-state index is 0.0495. The van der Waals surface area contributed by atoms with Crippen molar-refractivity contribution in [2.75, 3.05) is 13.2 Å². The van der Waals surface area contributed by atoms with E-state index in [4.69, 9.17) is 4.74 Å². The summed E-state index contributed by atoms with van der Waals surface area (Å²) in [6.45, 7) is 5.81. The van der Waals surface area contributed by atoms with E-state index < -0.39 is 0 Å². The van der Waals surface area contributed by atoms with Gasteiger partial charge in [0.2, 0.25) is 0 Å². The van der Waals surface area contributed by atoms with Crippen molar-refractivity contribution in [3.8, 4) is 0 Å². The standard InChI is InChI=1S/C11H17BrN2O2/c1-3-4-6-16-7-5-14-9(2)13-8-10(12)11(14)15/h8H,3-7H2,1-2H3. The number of nitrogens with zero attached hydrogens (tertiary/aromatic N) is 2. The number of halogens is 1. The van der Waals surface area contributed by atoms with Crippen LogP contribution in [0.4, 0.5) is 0 Å². The second-order valence-corrected chi connectivity index (χ2v) is 4.43. The van der Waals surface area contributed by atoms with Gasteiger partial charge in [-0.2, -0.15) is 0 Å². The van der Waals surface area contributed by atoms with Crippen molar-refractivity contribution < 1.29 is 4.74 Å². The maximum absolute atomic E-state index is 11.7. The lowest BCUT2D eigenvalue weighted by Gasteiger charge is -2.09. The third-order valence-corrected chi connectivity index (χ3v) is 2.85. The molecule has 0 unspecified atom stereocenters. The second kappa shape index (κ2) is 6.81. The van der Waals surface area contributed by atoms with Gasteiger partial charge in [-0.15, -0.1) is 0 Å². The number of hydrogen-bond donors (Lipinski definition) is 0. The van der Waals surface area contributed by atoms with Crippen molar-refractivity contribution in [2.45, 2.75) is 33.2 Å². The smallest absolute Gasteiger partial charge is 0.267 e. The Bertz CT molecular complexity index is 390. The van der Waals surface area contributed by atoms with Crippen molar-refractivity contribution in [3.63, 3.8) is 0 Å². The van der Waals surface area contributed by atoms with E-state index in [0.29, 0.717) is 23.4 Å². The zero-order chi connectivity index (χ0) is 12.0. The Balaban J connectivity index is 2.54. The highest BCUT2D eigenvalue weighted by molar-refractivity contribution is 9.10. The minimum atomic E-state index is -0.0495. The van der Waals surface area contributed by atoms with E-state index in [-0.39, 0.29) is 5.56 Å². The largest absolute Gasteiger partial charge is 0.380 e. The van der Waals surface area contributed by atoms with Crippen LogP contribution in [-0.2, 0) is 11.3 Å². The predicted molar refractivity (Wildman–Crippen MR) is 66.7 cm³/mol. The molecule has 16 heavy (non-hydrogen) atoms. The zero-order valence-electron chi connectivity index (χ0n) is 9.70. The van der Waals surface area contributed by atoms with Gasteiger partial charge in [0, 0.05) is 12.8 Å². The number of hydrogen-bond acceptors (Lipinski definition) is 3. The highest BCUT2D eigenvalue weighted by atomic mass is 79.9. The molecule has 0 radical (unpaired) electrons. The lowest BCUT2D eigenvalue weighted by atomic mass is 10.4. The fourth-order valence-corrected chi connectivity index (χ4v) is 1.63. The topological polar surface area (TPSA) is 44.1 Å². The van der Waals surface area contributed by atoms with E-state index in [9.17, 15) is 4.79 Å². The van der Waals surface area contributed by atoms with E-state index >= 15 is 0 Å². The Hall–Kier alpha value is -0.680. The third-order valence-electron chi connectivity index (χ3n) is 2.31. The lowest BCUT2D eigenvalue weighted by molar-refractivity contribution is 0.122. The maximum atomic E-state index is 11.7. The highest BCUT2D eigenvalue weighted by Gasteiger charge is 2.04. The van der Waals surface area contributed by atoms with Crippen LogP contribution in [0.1, 0.15) is 25.6 Å². The maximum Gasteiger partial charge on any atom is 0.267 e. The van der Waals surface area contributed by atoms with Gasteiger partial charge in [-0.25, -0.2) is 4.98 Å². The van der Waals surface area contributed by atoms with Crippen LogP contribution in [0, 0.1) is 6.92 Å². The van der Waals surface area contributed by atoms with Gasteiger partial charge >= 0.3 is 0 Å². The first-order valence-electron chi connectivity index (χ1n) is 5.46. The number of rotatable bonds is 6. The summed E-state index contributed by atoms with van der Waals surface area (Å²) in [6.07, 6.45) is 3.72. The second-order valence-electron chi connectivity index (χ2n) is 3.58. The monoisotopic (exact) mass is 288 g/mol. The predicted octanol–water partition coefficient (Wildman–Crippen LogP) is 2.13. The van der Waals surface area contributed by atoms with Gasteiger partial charge in [0.25, 0.3) is 5.56 Å². The molecule has 0 atom stereocenters. The van der Waals surface area contributed by atoms with Crippen molar-refractivity contribution in [3.05, 3.63) is 26.8 Å². The molecule has 0 bridgehead atoms. The molecule has 0 aliphatic heterocycles. The summed E-state index contributed by atoms with van der Waals surface area (Å²) in [6, 6.07) is 0. The first-order chi connectivity index (χ1) is 7.66. The Labute approximate surface area is 104 Å². The number of aryl methyl sites for hydroxylation is 1. The third kappa shape index (κ3) is 3.72. The van der Waals surface area contributed by atoms with Gasteiger partial charge in [0.05, 0.1) is 13.2 Å². The van der Waals surface area contributed by atoms with Crippen molar-refractivity contribution >= 4 is 15.9 Å². The quantitative estimate of drug-likeness (QED) is 0.754. The summed E-state index contributed by atoms with van der Waals surface area (Å²) < 4.78 is 7.54. The molecular weight excluding hydrogens is 272 g/mol. The Kier molecular flexibility index (Phi) is 5.69. The molecule has 4 nitrogen and oxygen atoms in total. The van der Waals surface area contributed by atoms with E-state index in [1.165, 1.54) is 6.20 Å². The molecule has 1 heterocycles. The van der Waals surface area contributed by atoms with Crippen molar-refractivity contribution in [1.82, 2.24) is 9.55 Å². The van der Waals surface area contributed by atoms with Crippen LogP contribution in [-0.4, -0.2) is 22.8 Å². The molecule has 0 saturated carbocycles. The molecule has 1 aromatic heterocycles. The van der Waals surface area contributed by atoms with E-state index in [1.54, 1.807) is 4.57 Å². The normalized spacial score (nSPS) is 10.7. The molecule has 0 aliphatic carbocycles. The molecule has 1 aromatic rings. The fourth-order valence-electron chi connectivity index (χ4n) is 1.32. The summed E-state index contributed by atoms with van der Waals surface area (Å²) in [7, 11) is 0. The Morgan fingerprint density at radius 3 is 2.94 bits per heavy atom. The van der Waals surface area contributed by atoms with Crippen LogP contribution in [0.2, 0.25) is 0 Å². The average molecular weight is 289 g/mol. The van der Waals surface area contributed by atoms with E-state index in [2.05, 4.69) is 27.8 Å². The molecular formula is C11H17BrN2O2. The van der Waals surface area contributed by atoms with E-state index in [0.717, 1.165) is 19.4 Å². The Morgan fingerprint density at radius 1 is 1.50 bits per heavy atom. The first-order valence-corrected chi connectivity index (χ1v) is 6.25. The van der Waals surface area contributed by atoms with Gasteiger partial charge in [-0.05, 0) is 29.3 Å². The van der Waals surface area contributed by atoms with Crippen LogP contribution in [0.15, 0.2) is 15.5 Å². The molecule has 0 aliphatic rings. The van der Waals surface area contributed by atoms with Crippen LogP contribution in [0.25, 0.3) is 0 Å². The molecule has 5 heteroatoms. The molecule has 0 spiro atoms. The minimum Gasteiger partial charge on any atom is -0.380 e. The van der Waals surface area contributed by atoms with Gasteiger partial charge in [0.15, 0.2) is 0 Å². The summed E-state index contributed by atoms with van der Waals surface area (Å²) in [4.78, 5) is 15.8. The first kappa shape index (κ1) is 13.4. The van der Waals surface area contributed by atoms with Crippen LogP contribution >= 0.6 is 15.9 Å². The summed E-state index contributed by atoms with van der Waals surface area (Å²) >= 11 is 3.18. The SMILES string of the molecule is CCCCOCCn1c(C)ncc(Br)c1=O. The van der Waals surface area contributed by atoms with Crippen LogP contribution in [0.3, 0.4) is 0 Å². The van der Waals surface area contributed by atoms with Gasteiger partial charge in [0.1, 0.15) is 10.3 Å². The molecule has 0 fully saturated rings. The van der Waals surface area contributed by atoms with Crippen molar-refractivity contribution in [2.24, 2.45) is 0 Å². The summed E-state index contributed by atoms with van der Waals surface area (Å²) in [5, 5.41) is 0. The van der Waals surface area contributed by atoms with Gasteiger partial charge < -0.3 is 4.74 Å². The molecule has 0 saturated heterocycles. The van der Waals surface area contributed by atoms with Crippen LogP contribution in [0.5, 0.6) is 0 Å². The molecule has 0 N–H and O–H groups in total. The number of aromatic nitrogens is 2. The fraction of sp³-hybridized carbons (Fsp3) is 0.636. The number of ether oxygens (including phenoxy) is 1. The molecule has 0 amide bonds. The molecule has 0 aromatic carbocycles. The van der Waals surface area contributed by atoms with Crippen molar-refractivity contribution in [1.29, 1.82) is 0 Å². The van der Waals surface area contributed by atoms with Crippen LogP contribution < -0.4 is 5.56 Å². The summed E-state index contributed by atoms with van der Waals surface area (Å²) in [5.41, 5.74) is -0.0495. The molecule has 90 valence electrons. The summed E-state index contributed by atoms with van der Waals surface area (Å²) in [5.74, 6) is 0.715. The Morgan fingerprint density at radius 2 is 2.25 bits per heavy atom.